The van der Waals surface area contributed by atoms with Crippen LogP contribution in [-0.4, -0.2) is 9.97 Å². The molecule has 0 N–H and O–H groups in total. The van der Waals surface area contributed by atoms with Crippen molar-refractivity contribution in [3.63, 3.8) is 0 Å². The first-order valence-electron chi connectivity index (χ1n) is 7.43. The molecular weight excluding hydrogens is 268 g/mol. The van der Waals surface area contributed by atoms with Crippen LogP contribution in [0.1, 0.15) is 43.0 Å². The molecule has 0 spiro atoms. The molecule has 1 aliphatic carbocycles. The van der Waals surface area contributed by atoms with Gasteiger partial charge in [0.15, 0.2) is 5.82 Å². The highest BCUT2D eigenvalue weighted by molar-refractivity contribution is 6.30. The van der Waals surface area contributed by atoms with Gasteiger partial charge < -0.3 is 0 Å². The molecule has 20 heavy (non-hydrogen) atoms. The van der Waals surface area contributed by atoms with Gasteiger partial charge in [-0.1, -0.05) is 49.2 Å². The molecule has 1 aromatic heterocycles. The molecule has 0 bridgehead atoms. The van der Waals surface area contributed by atoms with Crippen molar-refractivity contribution < 1.29 is 0 Å². The molecule has 1 aromatic carbocycles. The van der Waals surface area contributed by atoms with E-state index in [9.17, 15) is 0 Å². The summed E-state index contributed by atoms with van der Waals surface area (Å²) in [5, 5.41) is 0.651. The Morgan fingerprint density at radius 3 is 2.70 bits per heavy atom. The molecule has 0 atom stereocenters. The van der Waals surface area contributed by atoms with E-state index in [2.05, 4.69) is 30.1 Å². The number of nitrogens with zero attached hydrogens (tertiary/aromatic N) is 2. The zero-order chi connectivity index (χ0) is 13.9. The monoisotopic (exact) mass is 286 g/mol. The lowest BCUT2D eigenvalue weighted by atomic mass is 10.0. The molecule has 0 amide bonds. The Labute approximate surface area is 125 Å². The average Bonchev–Trinajstić information content (AvgIpc) is 2.73. The number of hydrogen-bond acceptors (Lipinski definition) is 2. The van der Waals surface area contributed by atoms with Crippen LogP contribution in [0.15, 0.2) is 24.3 Å². The van der Waals surface area contributed by atoms with E-state index in [1.807, 2.05) is 6.07 Å². The van der Waals surface area contributed by atoms with Gasteiger partial charge in [-0.05, 0) is 37.7 Å². The Balaban J connectivity index is 2.11. The lowest BCUT2D eigenvalue weighted by Crippen LogP contribution is -2.03. The van der Waals surface area contributed by atoms with Crippen LogP contribution < -0.4 is 0 Å². The molecule has 0 radical (unpaired) electrons. The van der Waals surface area contributed by atoms with Gasteiger partial charge in [0.05, 0.1) is 0 Å². The van der Waals surface area contributed by atoms with E-state index in [0.29, 0.717) is 5.15 Å². The van der Waals surface area contributed by atoms with Gasteiger partial charge in [0.2, 0.25) is 0 Å². The van der Waals surface area contributed by atoms with Crippen LogP contribution >= 0.6 is 11.6 Å². The summed E-state index contributed by atoms with van der Waals surface area (Å²) in [6, 6.07) is 8.33. The molecule has 104 valence electrons. The lowest BCUT2D eigenvalue weighted by Gasteiger charge is -2.11. The van der Waals surface area contributed by atoms with E-state index in [-0.39, 0.29) is 0 Å². The van der Waals surface area contributed by atoms with Gasteiger partial charge in [-0.15, -0.1) is 0 Å². The van der Waals surface area contributed by atoms with Crippen LogP contribution in [0.4, 0.5) is 0 Å². The summed E-state index contributed by atoms with van der Waals surface area (Å²) in [6.07, 6.45) is 6.68. The van der Waals surface area contributed by atoms with Gasteiger partial charge in [-0.25, -0.2) is 9.97 Å². The van der Waals surface area contributed by atoms with Crippen molar-refractivity contribution in [2.45, 2.75) is 45.4 Å². The Kier molecular flexibility index (Phi) is 4.02. The summed E-state index contributed by atoms with van der Waals surface area (Å²) < 4.78 is 0. The number of hydrogen-bond donors (Lipinski definition) is 0. The van der Waals surface area contributed by atoms with E-state index in [1.165, 1.54) is 30.4 Å². The summed E-state index contributed by atoms with van der Waals surface area (Å²) in [4.78, 5) is 9.38. The van der Waals surface area contributed by atoms with Gasteiger partial charge in [0, 0.05) is 16.8 Å². The van der Waals surface area contributed by atoms with Gasteiger partial charge in [-0.2, -0.15) is 0 Å². The topological polar surface area (TPSA) is 25.8 Å². The number of halogens is 1. The third-order valence-corrected chi connectivity index (χ3v) is 4.33. The molecule has 2 aromatic rings. The quantitative estimate of drug-likeness (QED) is 0.594. The second kappa shape index (κ2) is 5.92. The predicted molar refractivity (Wildman–Crippen MR) is 83.1 cm³/mol. The second-order valence-corrected chi connectivity index (χ2v) is 5.69. The van der Waals surface area contributed by atoms with Crippen LogP contribution in [0.5, 0.6) is 0 Å². The lowest BCUT2D eigenvalue weighted by molar-refractivity contribution is 0.709. The average molecular weight is 287 g/mol. The van der Waals surface area contributed by atoms with Crippen molar-refractivity contribution in [3.05, 3.63) is 46.2 Å². The van der Waals surface area contributed by atoms with Crippen LogP contribution in [-0.2, 0) is 19.3 Å². The summed E-state index contributed by atoms with van der Waals surface area (Å²) in [7, 11) is 0. The van der Waals surface area contributed by atoms with Gasteiger partial charge >= 0.3 is 0 Å². The number of rotatable bonds is 2. The second-order valence-electron chi connectivity index (χ2n) is 5.33. The van der Waals surface area contributed by atoms with Crippen LogP contribution in [0, 0.1) is 0 Å². The van der Waals surface area contributed by atoms with Crippen molar-refractivity contribution in [1.29, 1.82) is 0 Å². The molecule has 3 rings (SSSR count). The fourth-order valence-electron chi connectivity index (χ4n) is 2.89. The molecule has 0 fully saturated rings. The molecule has 1 heterocycles. The van der Waals surface area contributed by atoms with E-state index in [1.54, 1.807) is 0 Å². The maximum atomic E-state index is 6.41. The molecule has 2 nitrogen and oxygen atoms in total. The van der Waals surface area contributed by atoms with E-state index < -0.39 is 0 Å². The number of benzene rings is 1. The minimum atomic E-state index is 0.651. The highest BCUT2D eigenvalue weighted by atomic mass is 35.5. The molecule has 0 aliphatic heterocycles. The van der Waals surface area contributed by atoms with E-state index in [4.69, 9.17) is 16.6 Å². The summed E-state index contributed by atoms with van der Waals surface area (Å²) in [5.74, 6) is 0.785. The molecule has 1 aliphatic rings. The summed E-state index contributed by atoms with van der Waals surface area (Å²) in [6.45, 7) is 2.16. The zero-order valence-corrected chi connectivity index (χ0v) is 12.6. The van der Waals surface area contributed by atoms with Gasteiger partial charge in [0.1, 0.15) is 5.15 Å². The van der Waals surface area contributed by atoms with Crippen molar-refractivity contribution >= 4 is 11.6 Å². The van der Waals surface area contributed by atoms with Crippen LogP contribution in [0.3, 0.4) is 0 Å². The zero-order valence-electron chi connectivity index (χ0n) is 11.8. The van der Waals surface area contributed by atoms with E-state index in [0.717, 1.165) is 36.3 Å². The molecule has 3 heteroatoms. The fourth-order valence-corrected chi connectivity index (χ4v) is 3.18. The normalized spacial score (nSPS) is 14.7. The number of aryl methyl sites for hydroxylation is 2. The minimum Gasteiger partial charge on any atom is -0.233 e. The van der Waals surface area contributed by atoms with E-state index >= 15 is 0 Å². The Morgan fingerprint density at radius 1 is 1.05 bits per heavy atom. The first kappa shape index (κ1) is 13.6. The molecule has 0 saturated heterocycles. The van der Waals surface area contributed by atoms with Crippen LogP contribution in [0.2, 0.25) is 5.15 Å². The first-order valence-corrected chi connectivity index (χ1v) is 7.81. The third-order valence-electron chi connectivity index (χ3n) is 4.02. The highest BCUT2D eigenvalue weighted by Crippen LogP contribution is 2.29. The SMILES string of the molecule is CCc1ccccc1-c1nc(Cl)c2c(n1)CCCCC2. The number of fused-ring (bicyclic) bond motifs is 1. The Hall–Kier alpha value is -1.41. The van der Waals surface area contributed by atoms with Gasteiger partial charge in [-0.3, -0.25) is 0 Å². The standard InChI is InChI=1S/C17H19ClN2/c1-2-12-8-6-7-9-13(12)17-19-15-11-5-3-4-10-14(15)16(18)20-17/h6-9H,2-5,10-11H2,1H3. The Morgan fingerprint density at radius 2 is 1.85 bits per heavy atom. The maximum Gasteiger partial charge on any atom is 0.161 e. The highest BCUT2D eigenvalue weighted by Gasteiger charge is 2.17. The Bertz CT molecular complexity index is 622. The molecule has 0 saturated carbocycles. The predicted octanol–water partition coefficient (Wildman–Crippen LogP) is 4.63. The summed E-state index contributed by atoms with van der Waals surface area (Å²) >= 11 is 6.41. The number of aromatic nitrogens is 2. The van der Waals surface area contributed by atoms with Crippen LogP contribution in [0.25, 0.3) is 11.4 Å². The first-order chi connectivity index (χ1) is 9.79. The van der Waals surface area contributed by atoms with Crippen molar-refractivity contribution in [1.82, 2.24) is 9.97 Å². The summed E-state index contributed by atoms with van der Waals surface area (Å²) in [5.41, 5.74) is 4.71. The minimum absolute atomic E-state index is 0.651. The third kappa shape index (κ3) is 2.57. The van der Waals surface area contributed by atoms with Crippen molar-refractivity contribution in [2.24, 2.45) is 0 Å². The van der Waals surface area contributed by atoms with Gasteiger partial charge in [0.25, 0.3) is 0 Å². The maximum absolute atomic E-state index is 6.41. The molecule has 0 unspecified atom stereocenters. The van der Waals surface area contributed by atoms with Crippen molar-refractivity contribution in [2.75, 3.05) is 0 Å². The smallest absolute Gasteiger partial charge is 0.161 e. The van der Waals surface area contributed by atoms with Crippen molar-refractivity contribution in [3.8, 4) is 11.4 Å². The largest absolute Gasteiger partial charge is 0.233 e. The molecular formula is C17H19ClN2. The fraction of sp³-hybridized carbons (Fsp3) is 0.412.